The van der Waals surface area contributed by atoms with Gasteiger partial charge in [-0.05, 0) is 67.1 Å². The third-order valence-corrected chi connectivity index (χ3v) is 7.13. The van der Waals surface area contributed by atoms with Crippen LogP contribution in [-0.4, -0.2) is 35.5 Å². The van der Waals surface area contributed by atoms with E-state index in [4.69, 9.17) is 21.1 Å². The van der Waals surface area contributed by atoms with Crippen molar-refractivity contribution in [3.63, 3.8) is 0 Å². The highest BCUT2D eigenvalue weighted by molar-refractivity contribution is 7.22. The van der Waals surface area contributed by atoms with Gasteiger partial charge in [0.1, 0.15) is 17.3 Å². The van der Waals surface area contributed by atoms with Crippen LogP contribution in [-0.2, 0) is 9.59 Å². The van der Waals surface area contributed by atoms with E-state index in [0.717, 1.165) is 4.70 Å². The van der Waals surface area contributed by atoms with Gasteiger partial charge in [-0.3, -0.25) is 14.5 Å². The molecule has 0 bridgehead atoms. The third kappa shape index (κ3) is 4.19. The van der Waals surface area contributed by atoms with Crippen LogP contribution in [0.15, 0.2) is 72.3 Å². The van der Waals surface area contributed by atoms with Gasteiger partial charge in [0.05, 0.1) is 35.5 Å². The number of carbonyl (C=O) groups excluding carboxylic acids is 2. The Hall–Kier alpha value is -3.88. The van der Waals surface area contributed by atoms with Crippen LogP contribution in [0.1, 0.15) is 24.1 Å². The molecule has 1 atom stereocenters. The lowest BCUT2D eigenvalue weighted by molar-refractivity contribution is -0.132. The van der Waals surface area contributed by atoms with Crippen molar-refractivity contribution in [1.82, 2.24) is 4.98 Å². The van der Waals surface area contributed by atoms with Crippen molar-refractivity contribution in [2.24, 2.45) is 0 Å². The Kier molecular flexibility index (Phi) is 6.38. The molecule has 1 aliphatic rings. The smallest absolute Gasteiger partial charge is 0.301 e. The highest BCUT2D eigenvalue weighted by Crippen LogP contribution is 2.45. The number of aliphatic hydroxyl groups is 1. The molecular weight excluding hydrogens is 500 g/mol. The number of anilines is 1. The highest BCUT2D eigenvalue weighted by Gasteiger charge is 2.48. The van der Waals surface area contributed by atoms with E-state index in [1.807, 2.05) is 25.1 Å². The molecule has 0 saturated carbocycles. The average Bonchev–Trinajstić information content (AvgIpc) is 3.42. The zero-order valence-corrected chi connectivity index (χ0v) is 21.0. The summed E-state index contributed by atoms with van der Waals surface area (Å²) in [4.78, 5) is 32.7. The summed E-state index contributed by atoms with van der Waals surface area (Å²) >= 11 is 7.27. The van der Waals surface area contributed by atoms with Gasteiger partial charge in [-0.25, -0.2) is 4.98 Å². The van der Waals surface area contributed by atoms with Crippen molar-refractivity contribution in [3.8, 4) is 11.5 Å². The number of aromatic nitrogens is 1. The number of Topliss-reactive ketones (excluding diaryl/α,β-unsaturated/α-hetero) is 1. The normalized spacial score (nSPS) is 17.1. The van der Waals surface area contributed by atoms with Crippen molar-refractivity contribution in [2.45, 2.75) is 13.0 Å². The number of rotatable bonds is 6. The second-order valence-electron chi connectivity index (χ2n) is 8.01. The van der Waals surface area contributed by atoms with Crippen molar-refractivity contribution >= 4 is 55.7 Å². The van der Waals surface area contributed by atoms with Crippen molar-refractivity contribution in [2.75, 3.05) is 18.6 Å². The highest BCUT2D eigenvalue weighted by atomic mass is 35.5. The number of ketones is 1. The number of ether oxygens (including phenoxy) is 2. The molecule has 2 heterocycles. The molecule has 9 heteroatoms. The molecule has 0 unspecified atom stereocenters. The van der Waals surface area contributed by atoms with Gasteiger partial charge in [0.15, 0.2) is 5.13 Å². The molecule has 3 aromatic carbocycles. The molecule has 1 N–H and O–H groups in total. The standard InChI is InChI=1S/C27H21ClN2O5S/c1-3-35-19-12-13-20-21(14-19)36-27(29-20)30-23(15-6-10-18(34-2)11-7-15)22(25(32)26(30)33)24(31)16-4-8-17(28)9-5-16/h4-14,23,31H,3H2,1-2H3/b24-22+/t23-/m1/s1. The summed E-state index contributed by atoms with van der Waals surface area (Å²) in [6, 6.07) is 18.0. The number of methoxy groups -OCH3 is 1. The Balaban J connectivity index is 1.68. The molecular formula is C27H21ClN2O5S. The van der Waals surface area contributed by atoms with E-state index in [9.17, 15) is 14.7 Å². The molecule has 5 rings (SSSR count). The number of hydrogen-bond acceptors (Lipinski definition) is 7. The molecule has 36 heavy (non-hydrogen) atoms. The van der Waals surface area contributed by atoms with Crippen molar-refractivity contribution in [3.05, 3.63) is 88.5 Å². The minimum atomic E-state index is -0.890. The summed E-state index contributed by atoms with van der Waals surface area (Å²) in [5, 5.41) is 12.0. The Morgan fingerprint density at radius 2 is 1.75 bits per heavy atom. The van der Waals surface area contributed by atoms with Crippen LogP contribution in [0.4, 0.5) is 5.13 Å². The van der Waals surface area contributed by atoms with E-state index < -0.39 is 17.7 Å². The summed E-state index contributed by atoms with van der Waals surface area (Å²) in [6.07, 6.45) is 0. The Morgan fingerprint density at radius 3 is 2.42 bits per heavy atom. The summed E-state index contributed by atoms with van der Waals surface area (Å²) in [7, 11) is 1.55. The number of hydrogen-bond donors (Lipinski definition) is 1. The van der Waals surface area contributed by atoms with Gasteiger partial charge >= 0.3 is 5.91 Å². The maximum absolute atomic E-state index is 13.4. The second-order valence-corrected chi connectivity index (χ2v) is 9.45. The first-order valence-electron chi connectivity index (χ1n) is 11.2. The molecule has 0 radical (unpaired) electrons. The molecule has 0 spiro atoms. The van der Waals surface area contributed by atoms with Gasteiger partial charge in [-0.2, -0.15) is 0 Å². The summed E-state index contributed by atoms with van der Waals surface area (Å²) in [6.45, 7) is 2.42. The molecule has 7 nitrogen and oxygen atoms in total. The number of carbonyl (C=O) groups is 2. The van der Waals surface area contributed by atoms with Gasteiger partial charge in [0.25, 0.3) is 5.78 Å². The molecule has 1 amide bonds. The van der Waals surface area contributed by atoms with Crippen molar-refractivity contribution in [1.29, 1.82) is 0 Å². The summed E-state index contributed by atoms with van der Waals surface area (Å²) < 4.78 is 11.7. The predicted octanol–water partition coefficient (Wildman–Crippen LogP) is 5.98. The minimum Gasteiger partial charge on any atom is -0.507 e. The third-order valence-electron chi connectivity index (χ3n) is 5.86. The maximum atomic E-state index is 13.4. The van der Waals surface area contributed by atoms with Crippen molar-refractivity contribution < 1.29 is 24.2 Å². The summed E-state index contributed by atoms with van der Waals surface area (Å²) in [5.74, 6) is -0.533. The zero-order valence-electron chi connectivity index (χ0n) is 19.4. The first-order valence-corrected chi connectivity index (χ1v) is 12.3. The number of benzene rings is 3. The van der Waals surface area contributed by atoms with E-state index in [1.165, 1.54) is 16.2 Å². The second kappa shape index (κ2) is 9.64. The van der Waals surface area contributed by atoms with Crippen LogP contribution in [0.3, 0.4) is 0 Å². The fourth-order valence-electron chi connectivity index (χ4n) is 4.15. The van der Waals surface area contributed by atoms with Crippen LogP contribution in [0.25, 0.3) is 16.0 Å². The number of fused-ring (bicyclic) bond motifs is 1. The van der Waals surface area contributed by atoms with E-state index in [2.05, 4.69) is 4.98 Å². The molecule has 1 fully saturated rings. The van der Waals surface area contributed by atoms with Gasteiger partial charge in [-0.1, -0.05) is 35.1 Å². The van der Waals surface area contributed by atoms with Gasteiger partial charge in [-0.15, -0.1) is 0 Å². The first kappa shape index (κ1) is 23.8. The van der Waals surface area contributed by atoms with Crippen LogP contribution >= 0.6 is 22.9 Å². The Labute approximate surface area is 216 Å². The molecule has 182 valence electrons. The fourth-order valence-corrected chi connectivity index (χ4v) is 5.29. The lowest BCUT2D eigenvalue weighted by atomic mass is 9.95. The SMILES string of the molecule is CCOc1ccc2nc(N3C(=O)C(=O)/C(=C(/O)c4ccc(Cl)cc4)[C@H]3c3ccc(OC)cc3)sc2c1. The lowest BCUT2D eigenvalue weighted by Crippen LogP contribution is -2.29. The molecule has 1 aliphatic heterocycles. The summed E-state index contributed by atoms with van der Waals surface area (Å²) in [5.41, 5.74) is 1.65. The van der Waals surface area contributed by atoms with E-state index in [0.29, 0.717) is 44.9 Å². The average molecular weight is 521 g/mol. The predicted molar refractivity (Wildman–Crippen MR) is 140 cm³/mol. The van der Waals surface area contributed by atoms with Gasteiger partial charge < -0.3 is 14.6 Å². The lowest BCUT2D eigenvalue weighted by Gasteiger charge is -2.23. The minimum absolute atomic E-state index is 0.0262. The Morgan fingerprint density at radius 1 is 1.06 bits per heavy atom. The maximum Gasteiger partial charge on any atom is 0.301 e. The molecule has 1 aromatic heterocycles. The molecule has 0 aliphatic carbocycles. The topological polar surface area (TPSA) is 89.0 Å². The number of thiazole rings is 1. The van der Waals surface area contributed by atoms with E-state index >= 15 is 0 Å². The molecule has 4 aromatic rings. The number of aliphatic hydroxyl groups excluding tert-OH is 1. The number of halogens is 1. The zero-order chi connectivity index (χ0) is 25.4. The largest absolute Gasteiger partial charge is 0.507 e. The monoisotopic (exact) mass is 520 g/mol. The van der Waals surface area contributed by atoms with Crippen LogP contribution in [0, 0.1) is 0 Å². The molecule has 1 saturated heterocycles. The number of amides is 1. The first-order chi connectivity index (χ1) is 17.4. The van der Waals surface area contributed by atoms with E-state index in [1.54, 1.807) is 55.6 Å². The van der Waals surface area contributed by atoms with Crippen LogP contribution in [0.5, 0.6) is 11.5 Å². The fraction of sp³-hybridized carbons (Fsp3) is 0.148. The van der Waals surface area contributed by atoms with Crippen LogP contribution in [0.2, 0.25) is 5.02 Å². The van der Waals surface area contributed by atoms with Gasteiger partial charge in [0, 0.05) is 10.6 Å². The Bertz CT molecular complexity index is 1500. The quantitative estimate of drug-likeness (QED) is 0.191. The number of nitrogens with zero attached hydrogens (tertiary/aromatic N) is 2. The van der Waals surface area contributed by atoms with Gasteiger partial charge in [0.2, 0.25) is 0 Å². The van der Waals surface area contributed by atoms with E-state index in [-0.39, 0.29) is 11.3 Å². The van der Waals surface area contributed by atoms with Crippen LogP contribution < -0.4 is 14.4 Å².